The number of amides is 6. The quantitative estimate of drug-likeness (QED) is 0.0631. The Hall–Kier alpha value is -5.75. The van der Waals surface area contributed by atoms with Crippen LogP contribution in [-0.2, 0) is 40.0 Å². The Labute approximate surface area is 388 Å². The van der Waals surface area contributed by atoms with Crippen molar-refractivity contribution in [1.82, 2.24) is 31.1 Å². The maximum Gasteiger partial charge on any atom is 0.326 e. The number of likely N-dealkylation sites (N-methyl/N-ethyl adjacent to an activating group) is 2. The minimum absolute atomic E-state index is 0.132. The van der Waals surface area contributed by atoms with Crippen molar-refractivity contribution in [1.29, 1.82) is 0 Å². The van der Waals surface area contributed by atoms with Crippen molar-refractivity contribution < 1.29 is 58.7 Å². The van der Waals surface area contributed by atoms with Gasteiger partial charge >= 0.3 is 5.97 Å². The van der Waals surface area contributed by atoms with Gasteiger partial charge in [0.25, 0.3) is 0 Å². The molecule has 2 aromatic carbocycles. The molecular weight excluding hydrogens is 853 g/mol. The number of nitrogens with zero attached hydrogens (tertiary/aromatic N) is 2. The van der Waals surface area contributed by atoms with E-state index in [9.17, 15) is 54.0 Å². The first kappa shape index (κ1) is 54.6. The normalized spacial score (nSPS) is 17.0. The van der Waals surface area contributed by atoms with Crippen molar-refractivity contribution in [2.45, 2.75) is 147 Å². The molecule has 6 amide bonds. The van der Waals surface area contributed by atoms with Crippen LogP contribution in [0.1, 0.15) is 128 Å². The van der Waals surface area contributed by atoms with Gasteiger partial charge in [-0.15, -0.1) is 0 Å². The lowest BCUT2D eigenvalue weighted by Crippen LogP contribution is -2.55. The van der Waals surface area contributed by atoms with Gasteiger partial charge in [0.2, 0.25) is 35.4 Å². The summed E-state index contributed by atoms with van der Waals surface area (Å²) in [5, 5.41) is 50.4. The average Bonchev–Trinajstić information content (AvgIpc) is 3.29. The summed E-state index contributed by atoms with van der Waals surface area (Å²) in [5.41, 5.74) is 1.04. The second-order valence-corrected chi connectivity index (χ2v) is 17.1. The molecule has 0 aromatic heterocycles. The fraction of sp³-hybridized carbons (Fsp3) is 0.604. The smallest absolute Gasteiger partial charge is 0.326 e. The minimum atomic E-state index is -1.46. The van der Waals surface area contributed by atoms with Crippen LogP contribution in [0.5, 0.6) is 11.5 Å². The molecule has 1 aliphatic rings. The fourth-order valence-corrected chi connectivity index (χ4v) is 7.76. The van der Waals surface area contributed by atoms with Gasteiger partial charge in [-0.3, -0.25) is 28.8 Å². The first-order valence-electron chi connectivity index (χ1n) is 23.3. The van der Waals surface area contributed by atoms with E-state index in [0.717, 1.165) is 24.2 Å². The first-order valence-corrected chi connectivity index (χ1v) is 23.3. The molecule has 2 aromatic rings. The average molecular weight is 925 g/mol. The van der Waals surface area contributed by atoms with Gasteiger partial charge in [0.05, 0.1) is 19.8 Å². The maximum absolute atomic E-state index is 14.0. The van der Waals surface area contributed by atoms with Gasteiger partial charge in [-0.1, -0.05) is 96.1 Å². The van der Waals surface area contributed by atoms with Gasteiger partial charge in [-0.25, -0.2) is 4.79 Å². The Bertz CT molecular complexity index is 1940. The van der Waals surface area contributed by atoms with E-state index in [4.69, 9.17) is 4.74 Å². The summed E-state index contributed by atoms with van der Waals surface area (Å²) in [4.78, 5) is 94.7. The van der Waals surface area contributed by atoms with Crippen molar-refractivity contribution >= 4 is 41.4 Å². The summed E-state index contributed by atoms with van der Waals surface area (Å²) in [6, 6.07) is 2.18. The highest BCUT2D eigenvalue weighted by Gasteiger charge is 2.34. The number of unbranched alkanes of at least 4 members (excludes halogenated alkanes) is 12. The highest BCUT2D eigenvalue weighted by Crippen LogP contribution is 2.39. The number of carbonyl (C=O) groups is 7. The third-order valence-electron chi connectivity index (χ3n) is 11.9. The number of fused-ring (bicyclic) bond motifs is 5. The van der Waals surface area contributed by atoms with E-state index in [0.29, 0.717) is 12.0 Å². The molecule has 0 saturated heterocycles. The number of ether oxygens (including phenoxy) is 1. The molecule has 18 nitrogen and oxygen atoms in total. The van der Waals surface area contributed by atoms with Crippen LogP contribution in [0.4, 0.5) is 0 Å². The summed E-state index contributed by atoms with van der Waals surface area (Å²) in [7, 11) is 2.72. The summed E-state index contributed by atoms with van der Waals surface area (Å²) in [5.74, 6) is -5.69. The minimum Gasteiger partial charge on any atom is -0.507 e. The lowest BCUT2D eigenvalue weighted by Gasteiger charge is -2.30. The number of aromatic hydroxyl groups is 1. The molecule has 1 heterocycles. The molecule has 66 heavy (non-hydrogen) atoms. The maximum atomic E-state index is 14.0. The number of phenolic OH excluding ortho intramolecular Hbond substituents is 1. The van der Waals surface area contributed by atoms with E-state index < -0.39 is 78.9 Å². The van der Waals surface area contributed by atoms with Crippen LogP contribution in [0, 0.1) is 0 Å². The van der Waals surface area contributed by atoms with Crippen LogP contribution in [0.25, 0.3) is 11.1 Å². The molecule has 366 valence electrons. The Morgan fingerprint density at radius 1 is 0.803 bits per heavy atom. The first-order chi connectivity index (χ1) is 31.5. The number of phenols is 1. The molecule has 0 spiro atoms. The van der Waals surface area contributed by atoms with Crippen molar-refractivity contribution in [3.63, 3.8) is 0 Å². The molecule has 0 aliphatic carbocycles. The van der Waals surface area contributed by atoms with Gasteiger partial charge in [-0.05, 0) is 55.7 Å². The number of hydrogen-bond donors (Lipinski definition) is 8. The summed E-state index contributed by atoms with van der Waals surface area (Å²) in [6.07, 6.45) is 15.1. The van der Waals surface area contributed by atoms with E-state index in [1.807, 2.05) is 0 Å². The van der Waals surface area contributed by atoms with Gasteiger partial charge < -0.3 is 56.2 Å². The number of nitrogens with one attached hydrogen (secondary N) is 4. The van der Waals surface area contributed by atoms with Crippen LogP contribution in [0.2, 0.25) is 0 Å². The third-order valence-corrected chi connectivity index (χ3v) is 11.9. The molecule has 0 saturated carbocycles. The fourth-order valence-electron chi connectivity index (χ4n) is 7.76. The van der Waals surface area contributed by atoms with Crippen LogP contribution < -0.4 is 26.0 Å². The summed E-state index contributed by atoms with van der Waals surface area (Å²) in [6.45, 7) is 3.12. The Morgan fingerprint density at radius 2 is 1.42 bits per heavy atom. The monoisotopic (exact) mass is 925 g/mol. The predicted octanol–water partition coefficient (Wildman–Crippen LogP) is 3.48. The number of carboxylic acids is 1. The number of benzene rings is 2. The van der Waals surface area contributed by atoms with Gasteiger partial charge in [0.1, 0.15) is 48.3 Å². The molecular formula is C48H72N6O12. The van der Waals surface area contributed by atoms with Gasteiger partial charge in [-0.2, -0.15) is 0 Å². The number of aliphatic hydroxyl groups is 2. The molecule has 8 N–H and O–H groups in total. The zero-order valence-corrected chi connectivity index (χ0v) is 39.2. The third kappa shape index (κ3) is 16.9. The van der Waals surface area contributed by atoms with Crippen LogP contribution in [-0.4, -0.2) is 136 Å². The molecule has 1 unspecified atom stereocenters. The number of carboxylic acid groups (broad SMARTS) is 1. The van der Waals surface area contributed by atoms with Crippen molar-refractivity contribution in [3.05, 3.63) is 47.5 Å². The van der Waals surface area contributed by atoms with Crippen LogP contribution in [0.15, 0.2) is 36.4 Å². The van der Waals surface area contributed by atoms with Crippen molar-refractivity contribution in [3.8, 4) is 22.6 Å². The summed E-state index contributed by atoms with van der Waals surface area (Å²) < 4.78 is 5.75. The zero-order chi connectivity index (χ0) is 48.8. The van der Waals surface area contributed by atoms with E-state index in [2.05, 4.69) is 28.2 Å². The van der Waals surface area contributed by atoms with E-state index in [-0.39, 0.29) is 60.2 Å². The molecule has 0 radical (unpaired) electrons. The lowest BCUT2D eigenvalue weighted by molar-refractivity contribution is -0.143. The van der Waals surface area contributed by atoms with E-state index in [1.165, 1.54) is 127 Å². The predicted molar refractivity (Wildman–Crippen MR) is 247 cm³/mol. The Morgan fingerprint density at radius 3 is 2.02 bits per heavy atom. The molecule has 18 heteroatoms. The lowest BCUT2D eigenvalue weighted by atomic mass is 9.94. The Kier molecular flexibility index (Phi) is 23.4. The topological polar surface area (TPSA) is 264 Å². The van der Waals surface area contributed by atoms with Crippen molar-refractivity contribution in [2.24, 2.45) is 0 Å². The van der Waals surface area contributed by atoms with E-state index >= 15 is 0 Å². The van der Waals surface area contributed by atoms with Gasteiger partial charge in [0, 0.05) is 38.1 Å². The molecule has 4 bridgehead atoms. The number of hydrogen-bond acceptors (Lipinski definition) is 11. The number of aliphatic hydroxyl groups excluding tert-OH is 2. The Balaban J connectivity index is 1.66. The largest absolute Gasteiger partial charge is 0.507 e. The van der Waals surface area contributed by atoms with E-state index in [1.54, 1.807) is 0 Å². The highest BCUT2D eigenvalue weighted by atomic mass is 16.5. The van der Waals surface area contributed by atoms with Crippen LogP contribution >= 0.6 is 0 Å². The highest BCUT2D eigenvalue weighted by molar-refractivity contribution is 5.96. The number of aliphatic carboxylic acids is 1. The second kappa shape index (κ2) is 28.3. The van der Waals surface area contributed by atoms with Gasteiger partial charge in [0.15, 0.2) is 0 Å². The second-order valence-electron chi connectivity index (χ2n) is 17.1. The molecule has 0 fully saturated rings. The molecule has 5 atom stereocenters. The molecule has 3 rings (SSSR count). The number of carbonyl (C=O) groups excluding carboxylic acids is 6. The standard InChI is InChI=1S/C48H72N6O12/c1-6-7-8-9-10-11-12-13-14-15-16-17-18-19-41(58)53(4)38(30-56)46(62)50-31(2)44(60)49-29-42(59)54(5)43-34-21-23-40(66-25-24-55)36(28-34)35-26-33(20-22-39(35)57)27-37(48(64)65)52-45(61)32(3)51-47(43)63/h20-23,26,28,31-32,37-38,43,55-57H,6-19,24-25,27,29-30H2,1-5H3,(H,49,60)(H,50,62)(H,51,63)(H,52,61)(H,64,65)/t31-,32-,37-,38-,43?/m0/s1. The SMILES string of the molecule is CCCCCCCCCCCCCCCC(=O)N(C)[C@@H](CO)C(=O)N[C@@H](C)C(=O)NCC(=O)N(C)C1C(=O)N[C@@H](C)C(=O)N[C@H](C(=O)O)Cc2ccc(O)c(c2)-c2cc1ccc2OCCO. The van der Waals surface area contributed by atoms with Crippen LogP contribution in [0.3, 0.4) is 0 Å². The number of rotatable bonds is 26. The molecule has 1 aliphatic heterocycles. The van der Waals surface area contributed by atoms with Crippen molar-refractivity contribution in [2.75, 3.05) is 40.5 Å². The zero-order valence-electron chi connectivity index (χ0n) is 39.2. The summed E-state index contributed by atoms with van der Waals surface area (Å²) >= 11 is 0.